The standard InChI is InChI=1S/C20H12N4O3S/c21-11-14-8-6-13(7-9-14)10-16-19(25)24(20(26)28-16)12-17-22-18(23-27-17)15-4-2-1-3-5-15/h1-10H,12H2. The number of carbonyl (C=O) groups is 2. The minimum atomic E-state index is -0.418. The van der Waals surface area contributed by atoms with Gasteiger partial charge in [-0.15, -0.1) is 0 Å². The first-order chi connectivity index (χ1) is 13.6. The SMILES string of the molecule is N#Cc1ccc(C=C2SC(=O)N(Cc3nc(-c4ccccc4)no3)C2=O)cc1. The molecule has 0 atom stereocenters. The van der Waals surface area contributed by atoms with Crippen molar-refractivity contribution in [1.29, 1.82) is 5.26 Å². The molecule has 0 aliphatic carbocycles. The highest BCUT2D eigenvalue weighted by molar-refractivity contribution is 8.18. The van der Waals surface area contributed by atoms with E-state index in [1.54, 1.807) is 30.3 Å². The van der Waals surface area contributed by atoms with E-state index in [2.05, 4.69) is 10.1 Å². The lowest BCUT2D eigenvalue weighted by molar-refractivity contribution is -0.123. The molecule has 1 aliphatic heterocycles. The van der Waals surface area contributed by atoms with Crippen LogP contribution in [0.5, 0.6) is 0 Å². The van der Waals surface area contributed by atoms with Crippen molar-refractivity contribution in [3.8, 4) is 17.5 Å². The fraction of sp³-hybridized carbons (Fsp3) is 0.0500. The molecule has 1 saturated heterocycles. The molecule has 2 aromatic carbocycles. The number of rotatable bonds is 4. The minimum absolute atomic E-state index is 0.0881. The summed E-state index contributed by atoms with van der Waals surface area (Å²) in [7, 11) is 0. The van der Waals surface area contributed by atoms with Crippen molar-refractivity contribution in [2.75, 3.05) is 0 Å². The second-order valence-electron chi connectivity index (χ2n) is 5.88. The first kappa shape index (κ1) is 17.7. The molecule has 0 saturated carbocycles. The van der Waals surface area contributed by atoms with Gasteiger partial charge in [0.2, 0.25) is 11.7 Å². The molecule has 2 heterocycles. The maximum Gasteiger partial charge on any atom is 0.294 e. The fourth-order valence-corrected chi connectivity index (χ4v) is 3.44. The Morgan fingerprint density at radius 2 is 1.86 bits per heavy atom. The third kappa shape index (κ3) is 3.56. The lowest BCUT2D eigenvalue weighted by atomic mass is 10.1. The molecule has 136 valence electrons. The van der Waals surface area contributed by atoms with Crippen LogP contribution in [0.25, 0.3) is 17.5 Å². The van der Waals surface area contributed by atoms with Crippen molar-refractivity contribution >= 4 is 29.0 Å². The average Bonchev–Trinajstić information content (AvgIpc) is 3.30. The molecule has 1 fully saturated rings. The predicted molar refractivity (Wildman–Crippen MR) is 102 cm³/mol. The van der Waals surface area contributed by atoms with Crippen LogP contribution in [0.3, 0.4) is 0 Å². The quantitative estimate of drug-likeness (QED) is 0.626. The van der Waals surface area contributed by atoms with Crippen LogP contribution in [-0.2, 0) is 11.3 Å². The third-order valence-corrected chi connectivity index (χ3v) is 4.91. The van der Waals surface area contributed by atoms with Crippen molar-refractivity contribution in [1.82, 2.24) is 15.0 Å². The van der Waals surface area contributed by atoms with Crippen LogP contribution in [0, 0.1) is 11.3 Å². The van der Waals surface area contributed by atoms with Crippen molar-refractivity contribution in [2.24, 2.45) is 0 Å². The molecular formula is C20H12N4O3S. The van der Waals surface area contributed by atoms with Crippen molar-refractivity contribution in [3.05, 3.63) is 76.5 Å². The van der Waals surface area contributed by atoms with E-state index in [0.29, 0.717) is 16.3 Å². The Morgan fingerprint density at radius 3 is 2.57 bits per heavy atom. The summed E-state index contributed by atoms with van der Waals surface area (Å²) < 4.78 is 5.19. The number of nitriles is 1. The van der Waals surface area contributed by atoms with Gasteiger partial charge in [0.1, 0.15) is 6.54 Å². The summed E-state index contributed by atoms with van der Waals surface area (Å²) in [5.41, 5.74) is 2.04. The van der Waals surface area contributed by atoms with E-state index in [1.165, 1.54) is 0 Å². The van der Waals surface area contributed by atoms with Gasteiger partial charge in [0.25, 0.3) is 11.1 Å². The second-order valence-corrected chi connectivity index (χ2v) is 6.87. The predicted octanol–water partition coefficient (Wildman–Crippen LogP) is 3.84. The van der Waals surface area contributed by atoms with Gasteiger partial charge in [0.15, 0.2) is 0 Å². The van der Waals surface area contributed by atoms with Gasteiger partial charge in [-0.1, -0.05) is 47.6 Å². The molecule has 7 nitrogen and oxygen atoms in total. The van der Waals surface area contributed by atoms with Crippen molar-refractivity contribution < 1.29 is 14.1 Å². The van der Waals surface area contributed by atoms with E-state index in [1.807, 2.05) is 36.4 Å². The molecular weight excluding hydrogens is 376 g/mol. The minimum Gasteiger partial charge on any atom is -0.337 e. The highest BCUT2D eigenvalue weighted by atomic mass is 32.2. The number of carbonyl (C=O) groups excluding carboxylic acids is 2. The molecule has 0 spiro atoms. The lowest BCUT2D eigenvalue weighted by Gasteiger charge is -2.08. The van der Waals surface area contributed by atoms with Gasteiger partial charge in [0, 0.05) is 5.56 Å². The Hall–Kier alpha value is -3.70. The Kier molecular flexibility index (Phi) is 4.74. The highest BCUT2D eigenvalue weighted by Crippen LogP contribution is 2.33. The Labute approximate surface area is 164 Å². The smallest absolute Gasteiger partial charge is 0.294 e. The zero-order valence-electron chi connectivity index (χ0n) is 14.4. The molecule has 28 heavy (non-hydrogen) atoms. The van der Waals surface area contributed by atoms with E-state index >= 15 is 0 Å². The van der Waals surface area contributed by atoms with Crippen LogP contribution < -0.4 is 0 Å². The summed E-state index contributed by atoms with van der Waals surface area (Å²) in [5, 5.41) is 12.3. The van der Waals surface area contributed by atoms with E-state index in [4.69, 9.17) is 9.78 Å². The van der Waals surface area contributed by atoms with Crippen LogP contribution in [0.15, 0.2) is 64.0 Å². The van der Waals surface area contributed by atoms with Crippen molar-refractivity contribution in [3.63, 3.8) is 0 Å². The monoisotopic (exact) mass is 388 g/mol. The van der Waals surface area contributed by atoms with Gasteiger partial charge in [-0.25, -0.2) is 0 Å². The Bertz CT molecular complexity index is 1110. The van der Waals surface area contributed by atoms with E-state index in [9.17, 15) is 9.59 Å². The molecule has 1 aromatic heterocycles. The Morgan fingerprint density at radius 1 is 1.11 bits per heavy atom. The van der Waals surface area contributed by atoms with Gasteiger partial charge in [-0.3, -0.25) is 14.5 Å². The van der Waals surface area contributed by atoms with Gasteiger partial charge < -0.3 is 4.52 Å². The molecule has 0 radical (unpaired) electrons. The van der Waals surface area contributed by atoms with E-state index in [0.717, 1.165) is 27.8 Å². The topological polar surface area (TPSA) is 100 Å². The first-order valence-corrected chi connectivity index (χ1v) is 9.09. The van der Waals surface area contributed by atoms with E-state index < -0.39 is 11.1 Å². The molecule has 0 bridgehead atoms. The van der Waals surface area contributed by atoms with Crippen LogP contribution in [0.2, 0.25) is 0 Å². The van der Waals surface area contributed by atoms with E-state index in [-0.39, 0.29) is 12.4 Å². The Balaban J connectivity index is 1.51. The zero-order valence-corrected chi connectivity index (χ0v) is 15.2. The molecule has 0 N–H and O–H groups in total. The largest absolute Gasteiger partial charge is 0.337 e. The summed E-state index contributed by atoms with van der Waals surface area (Å²) in [6, 6.07) is 18.1. The second kappa shape index (κ2) is 7.50. The van der Waals surface area contributed by atoms with Gasteiger partial charge >= 0.3 is 0 Å². The number of aromatic nitrogens is 2. The van der Waals surface area contributed by atoms with Crippen LogP contribution >= 0.6 is 11.8 Å². The maximum absolute atomic E-state index is 12.6. The molecule has 2 amide bonds. The first-order valence-electron chi connectivity index (χ1n) is 8.27. The third-order valence-electron chi connectivity index (χ3n) is 4.00. The number of hydrogen-bond acceptors (Lipinski definition) is 7. The van der Waals surface area contributed by atoms with Crippen LogP contribution in [-0.4, -0.2) is 26.2 Å². The number of imide groups is 1. The maximum atomic E-state index is 12.6. The number of thioether (sulfide) groups is 1. The van der Waals surface area contributed by atoms with Gasteiger partial charge in [-0.2, -0.15) is 10.2 Å². The molecule has 1 aliphatic rings. The lowest BCUT2D eigenvalue weighted by Crippen LogP contribution is -2.27. The normalized spacial score (nSPS) is 15.2. The fourth-order valence-electron chi connectivity index (χ4n) is 2.60. The summed E-state index contributed by atoms with van der Waals surface area (Å²) in [6.07, 6.45) is 1.62. The molecule has 8 heteroatoms. The summed E-state index contributed by atoms with van der Waals surface area (Å²) in [5.74, 6) is 0.162. The highest BCUT2D eigenvalue weighted by Gasteiger charge is 2.36. The summed E-state index contributed by atoms with van der Waals surface area (Å²) >= 11 is 0.853. The number of amides is 2. The van der Waals surface area contributed by atoms with Crippen molar-refractivity contribution in [2.45, 2.75) is 6.54 Å². The van der Waals surface area contributed by atoms with Crippen LogP contribution in [0.1, 0.15) is 17.0 Å². The number of nitrogens with zero attached hydrogens (tertiary/aromatic N) is 4. The molecule has 0 unspecified atom stereocenters. The summed E-state index contributed by atoms with van der Waals surface area (Å²) in [6.45, 7) is -0.0881. The number of benzene rings is 2. The van der Waals surface area contributed by atoms with Gasteiger partial charge in [0.05, 0.1) is 16.5 Å². The zero-order chi connectivity index (χ0) is 19.5. The van der Waals surface area contributed by atoms with Crippen LogP contribution in [0.4, 0.5) is 4.79 Å². The number of hydrogen-bond donors (Lipinski definition) is 0. The summed E-state index contributed by atoms with van der Waals surface area (Å²) in [4.78, 5) is 30.5. The molecule has 3 aromatic rings. The average molecular weight is 388 g/mol. The molecule has 4 rings (SSSR count). The van der Waals surface area contributed by atoms with Gasteiger partial charge in [-0.05, 0) is 35.5 Å².